The van der Waals surface area contributed by atoms with Gasteiger partial charge in [-0.25, -0.2) is 0 Å². The predicted molar refractivity (Wildman–Crippen MR) is 58.8 cm³/mol. The van der Waals surface area contributed by atoms with E-state index in [1.165, 1.54) is 5.56 Å². The number of hydrogen-bond acceptors (Lipinski definition) is 2. The van der Waals surface area contributed by atoms with E-state index in [-0.39, 0.29) is 0 Å². The zero-order valence-electron chi connectivity index (χ0n) is 8.19. The number of aryl methyl sites for hydroxylation is 1. The summed E-state index contributed by atoms with van der Waals surface area (Å²) < 4.78 is 0. The minimum Gasteiger partial charge on any atom is -0.411 e. The predicted octanol–water partition coefficient (Wildman–Crippen LogP) is 3.03. The lowest BCUT2D eigenvalue weighted by molar-refractivity contribution is 0.316. The fraction of sp³-hybridized carbons (Fsp3) is 0.250. The van der Waals surface area contributed by atoms with Crippen LogP contribution >= 0.6 is 0 Å². The molecule has 0 aromatic heterocycles. The first kappa shape index (κ1) is 10.5. The van der Waals surface area contributed by atoms with Gasteiger partial charge in [-0.05, 0) is 18.4 Å². The lowest BCUT2D eigenvalue weighted by atomic mass is 10.1. The van der Waals surface area contributed by atoms with Gasteiger partial charge in [0.25, 0.3) is 0 Å². The van der Waals surface area contributed by atoms with E-state index >= 15 is 0 Å². The first-order valence-corrected chi connectivity index (χ1v) is 4.71. The van der Waals surface area contributed by atoms with Crippen LogP contribution in [0.25, 0.3) is 0 Å². The van der Waals surface area contributed by atoms with Crippen LogP contribution < -0.4 is 0 Å². The van der Waals surface area contributed by atoms with Gasteiger partial charge in [0.1, 0.15) is 0 Å². The van der Waals surface area contributed by atoms with Crippen LogP contribution in [-0.4, -0.2) is 10.9 Å². The van der Waals surface area contributed by atoms with Crippen LogP contribution in [0.3, 0.4) is 0 Å². The van der Waals surface area contributed by atoms with Gasteiger partial charge in [-0.1, -0.05) is 41.6 Å². The average Bonchev–Trinajstić information content (AvgIpc) is 2.25. The summed E-state index contributed by atoms with van der Waals surface area (Å²) in [7, 11) is 0. The van der Waals surface area contributed by atoms with Gasteiger partial charge >= 0.3 is 0 Å². The van der Waals surface area contributed by atoms with Crippen molar-refractivity contribution in [2.24, 2.45) is 5.16 Å². The molecule has 0 spiro atoms. The third-order valence-corrected chi connectivity index (χ3v) is 2.07. The van der Waals surface area contributed by atoms with E-state index in [9.17, 15) is 0 Å². The van der Waals surface area contributed by atoms with E-state index in [0.29, 0.717) is 6.42 Å². The average molecular weight is 189 g/mol. The normalized spacial score (nSPS) is 11.3. The highest BCUT2D eigenvalue weighted by atomic mass is 16.4. The largest absolute Gasteiger partial charge is 0.411 e. The fourth-order valence-corrected chi connectivity index (χ4v) is 1.29. The SMILES string of the molecule is C=CC/C(CCc1ccccc1)=N\O. The molecule has 1 aromatic rings. The molecular weight excluding hydrogens is 174 g/mol. The molecule has 0 aliphatic carbocycles. The van der Waals surface area contributed by atoms with Crippen LogP contribution in [0.5, 0.6) is 0 Å². The summed E-state index contributed by atoms with van der Waals surface area (Å²) in [6, 6.07) is 10.2. The summed E-state index contributed by atoms with van der Waals surface area (Å²) in [6.45, 7) is 3.61. The third-order valence-electron chi connectivity index (χ3n) is 2.07. The Morgan fingerprint density at radius 1 is 1.36 bits per heavy atom. The minimum atomic E-state index is 0.656. The monoisotopic (exact) mass is 189 g/mol. The molecule has 0 bridgehead atoms. The lowest BCUT2D eigenvalue weighted by Crippen LogP contribution is -1.99. The Kier molecular flexibility index (Phi) is 4.48. The number of rotatable bonds is 5. The van der Waals surface area contributed by atoms with E-state index in [4.69, 9.17) is 5.21 Å². The number of oxime groups is 1. The van der Waals surface area contributed by atoms with Gasteiger partial charge in [-0.2, -0.15) is 0 Å². The van der Waals surface area contributed by atoms with Gasteiger partial charge in [0.15, 0.2) is 0 Å². The Balaban J connectivity index is 2.44. The van der Waals surface area contributed by atoms with Crippen molar-refractivity contribution in [3.63, 3.8) is 0 Å². The molecule has 2 nitrogen and oxygen atoms in total. The number of hydrogen-bond donors (Lipinski definition) is 1. The topological polar surface area (TPSA) is 32.6 Å². The van der Waals surface area contributed by atoms with Gasteiger partial charge in [0.05, 0.1) is 5.71 Å². The smallest absolute Gasteiger partial charge is 0.0611 e. The molecule has 0 saturated heterocycles. The van der Waals surface area contributed by atoms with E-state index in [0.717, 1.165) is 18.6 Å². The maximum Gasteiger partial charge on any atom is 0.0611 e. The van der Waals surface area contributed by atoms with Crippen molar-refractivity contribution in [3.05, 3.63) is 48.6 Å². The first-order valence-electron chi connectivity index (χ1n) is 4.71. The van der Waals surface area contributed by atoms with Gasteiger partial charge in [0.2, 0.25) is 0 Å². The van der Waals surface area contributed by atoms with Crippen molar-refractivity contribution >= 4 is 5.71 Å². The highest BCUT2D eigenvalue weighted by molar-refractivity contribution is 5.85. The Labute approximate surface area is 84.6 Å². The second-order valence-corrected chi connectivity index (χ2v) is 3.14. The summed E-state index contributed by atoms with van der Waals surface area (Å²) in [6.07, 6.45) is 4.10. The summed E-state index contributed by atoms with van der Waals surface area (Å²) in [5.41, 5.74) is 2.04. The van der Waals surface area contributed by atoms with Gasteiger partial charge in [0, 0.05) is 6.42 Å². The highest BCUT2D eigenvalue weighted by Crippen LogP contribution is 2.05. The molecule has 0 radical (unpaired) electrons. The molecular formula is C12H15NO. The maximum atomic E-state index is 8.68. The number of benzene rings is 1. The summed E-state index contributed by atoms with van der Waals surface area (Å²) in [5.74, 6) is 0. The summed E-state index contributed by atoms with van der Waals surface area (Å²) >= 11 is 0. The quantitative estimate of drug-likeness (QED) is 0.328. The van der Waals surface area contributed by atoms with Crippen molar-refractivity contribution in [1.29, 1.82) is 0 Å². The molecule has 0 saturated carbocycles. The number of allylic oxidation sites excluding steroid dienone is 1. The van der Waals surface area contributed by atoms with Gasteiger partial charge in [-0.3, -0.25) is 0 Å². The molecule has 1 N–H and O–H groups in total. The van der Waals surface area contributed by atoms with E-state index in [1.807, 2.05) is 18.2 Å². The van der Waals surface area contributed by atoms with Crippen LogP contribution in [0, 0.1) is 0 Å². The zero-order chi connectivity index (χ0) is 10.2. The molecule has 74 valence electrons. The van der Waals surface area contributed by atoms with Crippen molar-refractivity contribution in [2.75, 3.05) is 0 Å². The van der Waals surface area contributed by atoms with Crippen molar-refractivity contribution in [3.8, 4) is 0 Å². The molecule has 1 rings (SSSR count). The van der Waals surface area contributed by atoms with Crippen molar-refractivity contribution < 1.29 is 5.21 Å². The highest BCUT2D eigenvalue weighted by Gasteiger charge is 1.98. The molecule has 0 atom stereocenters. The second kappa shape index (κ2) is 5.97. The molecule has 14 heavy (non-hydrogen) atoms. The van der Waals surface area contributed by atoms with Gasteiger partial charge in [-0.15, -0.1) is 6.58 Å². The molecule has 0 amide bonds. The maximum absolute atomic E-state index is 8.68. The van der Waals surface area contributed by atoms with Crippen LogP contribution in [0.4, 0.5) is 0 Å². The molecule has 1 aromatic carbocycles. The molecule has 0 unspecified atom stereocenters. The summed E-state index contributed by atoms with van der Waals surface area (Å²) in [5, 5.41) is 11.9. The summed E-state index contributed by atoms with van der Waals surface area (Å²) in [4.78, 5) is 0. The van der Waals surface area contributed by atoms with Gasteiger partial charge < -0.3 is 5.21 Å². The third kappa shape index (κ3) is 3.44. The second-order valence-electron chi connectivity index (χ2n) is 3.14. The Hall–Kier alpha value is -1.57. The van der Waals surface area contributed by atoms with Crippen LogP contribution in [-0.2, 0) is 6.42 Å². The Morgan fingerprint density at radius 2 is 2.07 bits per heavy atom. The lowest BCUT2D eigenvalue weighted by Gasteiger charge is -2.01. The molecule has 2 heteroatoms. The van der Waals surface area contributed by atoms with Crippen molar-refractivity contribution in [2.45, 2.75) is 19.3 Å². The fourth-order valence-electron chi connectivity index (χ4n) is 1.29. The standard InChI is InChI=1S/C12H15NO/c1-2-6-12(13-14)10-9-11-7-4-3-5-8-11/h2-5,7-8,14H,1,6,9-10H2/b13-12+. The van der Waals surface area contributed by atoms with Crippen LogP contribution in [0.15, 0.2) is 48.1 Å². The van der Waals surface area contributed by atoms with E-state index < -0.39 is 0 Å². The Morgan fingerprint density at radius 3 is 2.64 bits per heavy atom. The first-order chi connectivity index (χ1) is 6.86. The molecule has 0 fully saturated rings. The Bertz CT molecular complexity index is 303. The van der Waals surface area contributed by atoms with Crippen molar-refractivity contribution in [1.82, 2.24) is 0 Å². The van der Waals surface area contributed by atoms with Crippen LogP contribution in [0.2, 0.25) is 0 Å². The van der Waals surface area contributed by atoms with Crippen LogP contribution in [0.1, 0.15) is 18.4 Å². The minimum absolute atomic E-state index is 0.656. The number of nitrogens with zero attached hydrogens (tertiary/aromatic N) is 1. The molecule has 0 heterocycles. The van der Waals surface area contributed by atoms with E-state index in [1.54, 1.807) is 6.08 Å². The molecule has 0 aliphatic rings. The van der Waals surface area contributed by atoms with E-state index in [2.05, 4.69) is 23.9 Å². The molecule has 0 aliphatic heterocycles. The zero-order valence-corrected chi connectivity index (χ0v) is 8.19.